The fraction of sp³-hybridized carbons (Fsp3) is 0.556. The summed E-state index contributed by atoms with van der Waals surface area (Å²) in [4.78, 5) is 0. The molecular formula is C18H26Cl2Zr. The topological polar surface area (TPSA) is 0 Å². The molecule has 21 heavy (non-hydrogen) atoms. The Hall–Kier alpha value is 0.423. The van der Waals surface area contributed by atoms with Crippen molar-refractivity contribution >= 4 is 0 Å². The van der Waals surface area contributed by atoms with E-state index in [2.05, 4.69) is 65.8 Å². The minimum absolute atomic E-state index is 0. The van der Waals surface area contributed by atoms with Gasteiger partial charge in [-0.2, -0.15) is 23.3 Å². The molecule has 116 valence electrons. The molecule has 0 amide bonds. The Balaban J connectivity index is -0.000000270. The molecule has 2 rings (SSSR count). The number of allylic oxidation sites excluding steroid dienone is 8. The molecule has 3 heteroatoms. The number of hydrogen-bond acceptors (Lipinski definition) is 0. The maximum atomic E-state index is 3.27. The van der Waals surface area contributed by atoms with Crippen LogP contribution in [0.4, 0.5) is 0 Å². The van der Waals surface area contributed by atoms with Gasteiger partial charge in [0.25, 0.3) is 0 Å². The molecule has 0 bridgehead atoms. The van der Waals surface area contributed by atoms with E-state index in [0.29, 0.717) is 11.8 Å². The molecular weight excluding hydrogens is 378 g/mol. The van der Waals surface area contributed by atoms with Gasteiger partial charge in [0.15, 0.2) is 0 Å². The van der Waals surface area contributed by atoms with Crippen molar-refractivity contribution in [3.63, 3.8) is 0 Å². The standard InChI is InChI=1S/2C9H13.2ClH.Zr/c2*1-7(2)9-6-4-5-8(9)3;;;/h2*6-7H,4H2,1-3H3;2*1H;/q2*-1;;;+4/p-2. The first-order valence-electron chi connectivity index (χ1n) is 6.99. The quantitative estimate of drug-likeness (QED) is 0.542. The van der Waals surface area contributed by atoms with Gasteiger partial charge in [0.1, 0.15) is 0 Å². The minimum atomic E-state index is 0. The Morgan fingerprint density at radius 1 is 0.762 bits per heavy atom. The zero-order valence-corrected chi connectivity index (χ0v) is 17.9. The van der Waals surface area contributed by atoms with Crippen molar-refractivity contribution < 1.29 is 51.0 Å². The average Bonchev–Trinajstić information content (AvgIpc) is 2.87. The third-order valence-corrected chi connectivity index (χ3v) is 3.49. The number of halogens is 2. The molecule has 0 nitrogen and oxygen atoms in total. The van der Waals surface area contributed by atoms with Crippen LogP contribution in [0.2, 0.25) is 0 Å². The van der Waals surface area contributed by atoms with Gasteiger partial charge in [-0.3, -0.25) is 12.2 Å². The van der Waals surface area contributed by atoms with E-state index < -0.39 is 0 Å². The van der Waals surface area contributed by atoms with Crippen LogP contribution < -0.4 is 24.8 Å². The zero-order valence-electron chi connectivity index (χ0n) is 14.0. The molecule has 0 atom stereocenters. The summed E-state index contributed by atoms with van der Waals surface area (Å²) in [6, 6.07) is 0. The molecule has 0 spiro atoms. The monoisotopic (exact) mass is 402 g/mol. The predicted octanol–water partition coefficient (Wildman–Crippen LogP) is -0.551. The van der Waals surface area contributed by atoms with Gasteiger partial charge in [0.05, 0.1) is 0 Å². The zero-order chi connectivity index (χ0) is 13.7. The van der Waals surface area contributed by atoms with Crippen LogP contribution >= 0.6 is 0 Å². The molecule has 2 aliphatic rings. The molecule has 0 aromatic rings. The summed E-state index contributed by atoms with van der Waals surface area (Å²) < 4.78 is 0. The molecule has 2 aliphatic carbocycles. The Labute approximate surface area is 163 Å². The van der Waals surface area contributed by atoms with Gasteiger partial charge in [-0.15, -0.1) is 12.8 Å². The van der Waals surface area contributed by atoms with E-state index in [0.717, 1.165) is 12.8 Å². The number of rotatable bonds is 2. The molecule has 0 N–H and O–H groups in total. The second-order valence-electron chi connectivity index (χ2n) is 5.64. The maximum absolute atomic E-state index is 3.27. The van der Waals surface area contributed by atoms with Gasteiger partial charge in [0.2, 0.25) is 0 Å². The molecule has 0 radical (unpaired) electrons. The molecule has 0 aliphatic heterocycles. The molecule has 0 heterocycles. The first-order chi connectivity index (χ1) is 8.43. The first-order valence-corrected chi connectivity index (χ1v) is 6.99. The summed E-state index contributed by atoms with van der Waals surface area (Å²) in [6.07, 6.45) is 13.1. The Bertz CT molecular complexity index is 373. The van der Waals surface area contributed by atoms with Crippen LogP contribution in [-0.2, 0) is 26.2 Å². The molecule has 0 fully saturated rings. The van der Waals surface area contributed by atoms with Gasteiger partial charge < -0.3 is 24.8 Å². The van der Waals surface area contributed by atoms with Crippen LogP contribution in [0.3, 0.4) is 0 Å². The fourth-order valence-electron chi connectivity index (χ4n) is 2.48. The van der Waals surface area contributed by atoms with Gasteiger partial charge in [-0.25, -0.2) is 11.1 Å². The fourth-order valence-corrected chi connectivity index (χ4v) is 2.48. The molecule has 0 aromatic heterocycles. The van der Waals surface area contributed by atoms with Crippen molar-refractivity contribution in [1.29, 1.82) is 0 Å². The maximum Gasteiger partial charge on any atom is 4.00 e. The second kappa shape index (κ2) is 12.9. The van der Waals surface area contributed by atoms with Gasteiger partial charge in [-0.05, 0) is 0 Å². The minimum Gasteiger partial charge on any atom is -1.00 e. The van der Waals surface area contributed by atoms with E-state index in [1.54, 1.807) is 0 Å². The van der Waals surface area contributed by atoms with E-state index in [1.165, 1.54) is 22.3 Å². The smallest absolute Gasteiger partial charge is 1.00 e. The van der Waals surface area contributed by atoms with E-state index in [1.807, 2.05) is 0 Å². The van der Waals surface area contributed by atoms with Crippen LogP contribution in [0.25, 0.3) is 0 Å². The van der Waals surface area contributed by atoms with Gasteiger partial charge in [0, 0.05) is 0 Å². The molecule has 0 saturated heterocycles. The largest absolute Gasteiger partial charge is 4.00 e. The van der Waals surface area contributed by atoms with E-state index >= 15 is 0 Å². The third kappa shape index (κ3) is 8.58. The summed E-state index contributed by atoms with van der Waals surface area (Å²) in [6.45, 7) is 13.2. The summed E-state index contributed by atoms with van der Waals surface area (Å²) in [5.41, 5.74) is 5.67. The normalized spacial score (nSPS) is 15.6. The van der Waals surface area contributed by atoms with Crippen LogP contribution in [0.5, 0.6) is 0 Å². The van der Waals surface area contributed by atoms with Crippen molar-refractivity contribution in [2.75, 3.05) is 0 Å². The number of hydrogen-bond donors (Lipinski definition) is 0. The van der Waals surface area contributed by atoms with Crippen LogP contribution in [0.1, 0.15) is 54.4 Å². The third-order valence-electron chi connectivity index (χ3n) is 3.49. The van der Waals surface area contributed by atoms with Crippen LogP contribution in [0.15, 0.2) is 34.4 Å². The molecule has 0 unspecified atom stereocenters. The van der Waals surface area contributed by atoms with Crippen LogP contribution in [-0.4, -0.2) is 0 Å². The SMILES string of the molecule is CC1=[C-]CC=C1C(C)C.CC1=[C-]CC=C1C(C)C.[Cl-].[Cl-].[Zr+4]. The second-order valence-corrected chi connectivity index (χ2v) is 5.64. The predicted molar refractivity (Wildman–Crippen MR) is 79.9 cm³/mol. The van der Waals surface area contributed by atoms with Crippen molar-refractivity contribution in [2.45, 2.75) is 54.4 Å². The Morgan fingerprint density at radius 2 is 1.05 bits per heavy atom. The van der Waals surface area contributed by atoms with E-state index in [-0.39, 0.29) is 51.0 Å². The Kier molecular flexibility index (Phi) is 16.2. The van der Waals surface area contributed by atoms with Crippen molar-refractivity contribution in [3.8, 4) is 0 Å². The average molecular weight is 405 g/mol. The summed E-state index contributed by atoms with van der Waals surface area (Å²) in [7, 11) is 0. The molecule has 0 saturated carbocycles. The van der Waals surface area contributed by atoms with Crippen molar-refractivity contribution in [1.82, 2.24) is 0 Å². The summed E-state index contributed by atoms with van der Waals surface area (Å²) >= 11 is 0. The first kappa shape index (κ1) is 26.3. The summed E-state index contributed by atoms with van der Waals surface area (Å²) in [5, 5.41) is 0. The van der Waals surface area contributed by atoms with E-state index in [9.17, 15) is 0 Å². The van der Waals surface area contributed by atoms with Crippen molar-refractivity contribution in [2.24, 2.45) is 11.8 Å². The van der Waals surface area contributed by atoms with Gasteiger partial charge >= 0.3 is 26.2 Å². The summed E-state index contributed by atoms with van der Waals surface area (Å²) in [5.74, 6) is 1.36. The van der Waals surface area contributed by atoms with Gasteiger partial charge in [-0.1, -0.05) is 53.4 Å². The Morgan fingerprint density at radius 3 is 1.14 bits per heavy atom. The van der Waals surface area contributed by atoms with Crippen LogP contribution in [0, 0.1) is 24.0 Å². The van der Waals surface area contributed by atoms with Crippen molar-refractivity contribution in [3.05, 3.63) is 46.6 Å². The molecule has 0 aromatic carbocycles. The van der Waals surface area contributed by atoms with E-state index in [4.69, 9.17) is 0 Å².